The van der Waals surface area contributed by atoms with E-state index >= 15 is 0 Å². The number of rotatable bonds is 3. The molecule has 168 valence electrons. The maximum atomic E-state index is 14.9. The van der Waals surface area contributed by atoms with Gasteiger partial charge in [-0.3, -0.25) is 4.79 Å². The molecular weight excluding hydrogens is 446 g/mol. The van der Waals surface area contributed by atoms with Crippen LogP contribution in [0.25, 0.3) is 10.6 Å². The van der Waals surface area contributed by atoms with E-state index in [-0.39, 0.29) is 23.6 Å². The fraction of sp³-hybridized carbons (Fsp3) is 0.304. The molecule has 2 aliphatic rings. The monoisotopic (exact) mass is 466 g/mol. The van der Waals surface area contributed by atoms with Gasteiger partial charge in [-0.2, -0.15) is 9.65 Å². The second-order valence-corrected chi connectivity index (χ2v) is 9.05. The first-order chi connectivity index (χ1) is 16.0. The Balaban J connectivity index is 1.44. The molecule has 3 aromatic rings. The molecule has 0 spiro atoms. The van der Waals surface area contributed by atoms with Crippen molar-refractivity contribution < 1.29 is 13.6 Å². The summed E-state index contributed by atoms with van der Waals surface area (Å²) in [6, 6.07) is 10.3. The van der Waals surface area contributed by atoms with Crippen molar-refractivity contribution in [3.8, 4) is 16.6 Å². The SMILES string of the molecule is N#Cc1c(N)cccc1N1CCc2nc(-c3ccc(N4CCCC(F)C4)nc3F)sc2C1=O. The first kappa shape index (κ1) is 21.3. The van der Waals surface area contributed by atoms with Gasteiger partial charge in [0.05, 0.1) is 34.7 Å². The van der Waals surface area contributed by atoms with E-state index in [4.69, 9.17) is 5.73 Å². The van der Waals surface area contributed by atoms with Gasteiger partial charge in [-0.15, -0.1) is 11.3 Å². The molecule has 1 amide bonds. The average Bonchev–Trinajstić information content (AvgIpc) is 3.24. The van der Waals surface area contributed by atoms with Crippen molar-refractivity contribution in [3.63, 3.8) is 0 Å². The Morgan fingerprint density at radius 1 is 1.21 bits per heavy atom. The molecule has 1 atom stereocenters. The van der Waals surface area contributed by atoms with Crippen molar-refractivity contribution in [2.45, 2.75) is 25.4 Å². The van der Waals surface area contributed by atoms with Crippen molar-refractivity contribution in [3.05, 3.63) is 52.4 Å². The number of nitrogen functional groups attached to an aromatic ring is 1. The summed E-state index contributed by atoms with van der Waals surface area (Å²) in [6.45, 7) is 1.18. The number of thiazole rings is 1. The molecule has 7 nitrogen and oxygen atoms in total. The van der Waals surface area contributed by atoms with E-state index in [2.05, 4.69) is 16.0 Å². The lowest BCUT2D eigenvalue weighted by molar-refractivity contribution is 0.0984. The molecule has 0 saturated carbocycles. The number of hydrogen-bond acceptors (Lipinski definition) is 7. The summed E-state index contributed by atoms with van der Waals surface area (Å²) in [6.07, 6.45) is 0.739. The highest BCUT2D eigenvalue weighted by atomic mass is 32.1. The second-order valence-electron chi connectivity index (χ2n) is 8.05. The molecule has 33 heavy (non-hydrogen) atoms. The Hall–Kier alpha value is -3.58. The van der Waals surface area contributed by atoms with Crippen LogP contribution < -0.4 is 15.5 Å². The minimum absolute atomic E-state index is 0.202. The van der Waals surface area contributed by atoms with E-state index < -0.39 is 12.1 Å². The summed E-state index contributed by atoms with van der Waals surface area (Å²) in [7, 11) is 0. The minimum Gasteiger partial charge on any atom is -0.398 e. The number of carbonyl (C=O) groups is 1. The van der Waals surface area contributed by atoms with Crippen LogP contribution in [0.15, 0.2) is 30.3 Å². The summed E-state index contributed by atoms with van der Waals surface area (Å²) in [4.78, 5) is 25.4. The molecule has 2 N–H and O–H groups in total. The number of piperidine rings is 1. The third-order valence-corrected chi connectivity index (χ3v) is 7.06. The maximum Gasteiger partial charge on any atom is 0.270 e. The normalized spacial score (nSPS) is 18.2. The average molecular weight is 467 g/mol. The zero-order chi connectivity index (χ0) is 23.1. The summed E-state index contributed by atoms with van der Waals surface area (Å²) in [5.74, 6) is -0.603. The molecule has 4 heterocycles. The number of nitrogens with two attached hydrogens (primary N) is 1. The molecule has 1 fully saturated rings. The number of amides is 1. The van der Waals surface area contributed by atoms with Crippen LogP contribution >= 0.6 is 11.3 Å². The number of nitriles is 1. The molecule has 0 radical (unpaired) electrons. The maximum absolute atomic E-state index is 14.9. The number of carbonyl (C=O) groups excluding carboxylic acids is 1. The van der Waals surface area contributed by atoms with Crippen LogP contribution in [0.2, 0.25) is 0 Å². The van der Waals surface area contributed by atoms with Gasteiger partial charge in [0, 0.05) is 19.5 Å². The van der Waals surface area contributed by atoms with E-state index in [1.807, 2.05) is 0 Å². The van der Waals surface area contributed by atoms with Gasteiger partial charge >= 0.3 is 0 Å². The number of benzene rings is 1. The number of anilines is 3. The Kier molecular flexibility index (Phi) is 5.42. The smallest absolute Gasteiger partial charge is 0.270 e. The van der Waals surface area contributed by atoms with Gasteiger partial charge in [-0.05, 0) is 37.1 Å². The Labute approximate surface area is 193 Å². The van der Waals surface area contributed by atoms with E-state index in [0.717, 1.165) is 11.3 Å². The van der Waals surface area contributed by atoms with E-state index in [1.54, 1.807) is 35.2 Å². The number of pyridine rings is 1. The predicted octanol–water partition coefficient (Wildman–Crippen LogP) is 3.94. The van der Waals surface area contributed by atoms with Crippen molar-refractivity contribution in [2.75, 3.05) is 35.2 Å². The molecule has 1 aromatic carbocycles. The molecular formula is C23H20F2N6OS. The Morgan fingerprint density at radius 3 is 2.82 bits per heavy atom. The van der Waals surface area contributed by atoms with Crippen molar-refractivity contribution >= 4 is 34.4 Å². The highest BCUT2D eigenvalue weighted by molar-refractivity contribution is 7.17. The quantitative estimate of drug-likeness (QED) is 0.464. The number of alkyl halides is 1. The number of hydrogen-bond donors (Lipinski definition) is 1. The molecule has 2 aromatic heterocycles. The van der Waals surface area contributed by atoms with Crippen LogP contribution in [-0.4, -0.2) is 41.7 Å². The first-order valence-corrected chi connectivity index (χ1v) is 11.4. The minimum atomic E-state index is -0.940. The van der Waals surface area contributed by atoms with Gasteiger partial charge in [0.25, 0.3) is 5.91 Å². The number of halogens is 2. The lowest BCUT2D eigenvalue weighted by atomic mass is 10.1. The number of aromatic nitrogens is 2. The summed E-state index contributed by atoms with van der Waals surface area (Å²) in [5.41, 5.74) is 7.71. The van der Waals surface area contributed by atoms with Gasteiger partial charge in [0.1, 0.15) is 27.9 Å². The van der Waals surface area contributed by atoms with Gasteiger partial charge in [0.2, 0.25) is 5.95 Å². The van der Waals surface area contributed by atoms with Gasteiger partial charge in [0.15, 0.2) is 0 Å². The van der Waals surface area contributed by atoms with Crippen LogP contribution in [0.3, 0.4) is 0 Å². The largest absolute Gasteiger partial charge is 0.398 e. The molecule has 5 rings (SSSR count). The fourth-order valence-electron chi connectivity index (χ4n) is 4.27. The lowest BCUT2D eigenvalue weighted by Gasteiger charge is -2.29. The highest BCUT2D eigenvalue weighted by Crippen LogP contribution is 2.36. The standard InChI is InChI=1S/C23H20F2N6OS/c24-13-3-2-9-30(12-13)19-7-6-14(21(25)29-19)22-28-17-8-10-31(23(32)20(17)33-22)18-5-1-4-16(27)15(18)11-26/h1,4-7,13H,2-3,8-10,12,27H2. The zero-order valence-electron chi connectivity index (χ0n) is 17.6. The molecule has 2 aliphatic heterocycles. The van der Waals surface area contributed by atoms with Crippen molar-refractivity contribution in [1.29, 1.82) is 5.26 Å². The third-order valence-electron chi connectivity index (χ3n) is 5.94. The van der Waals surface area contributed by atoms with Gasteiger partial charge in [-0.1, -0.05) is 6.07 Å². The van der Waals surface area contributed by atoms with Crippen LogP contribution in [-0.2, 0) is 6.42 Å². The van der Waals surface area contributed by atoms with Crippen LogP contribution in [0.5, 0.6) is 0 Å². The van der Waals surface area contributed by atoms with E-state index in [9.17, 15) is 18.8 Å². The molecule has 0 bridgehead atoms. The Bertz CT molecular complexity index is 1290. The first-order valence-electron chi connectivity index (χ1n) is 10.6. The van der Waals surface area contributed by atoms with Crippen LogP contribution in [0.4, 0.5) is 26.0 Å². The van der Waals surface area contributed by atoms with Crippen LogP contribution in [0, 0.1) is 17.3 Å². The summed E-state index contributed by atoms with van der Waals surface area (Å²) < 4.78 is 28.6. The zero-order valence-corrected chi connectivity index (χ0v) is 18.4. The highest BCUT2D eigenvalue weighted by Gasteiger charge is 2.32. The number of nitrogens with zero attached hydrogens (tertiary/aromatic N) is 5. The Morgan fingerprint density at radius 2 is 2.06 bits per heavy atom. The molecule has 0 aliphatic carbocycles. The van der Waals surface area contributed by atoms with Crippen LogP contribution in [0.1, 0.15) is 33.8 Å². The molecule has 1 unspecified atom stereocenters. The predicted molar refractivity (Wildman–Crippen MR) is 123 cm³/mol. The fourth-order valence-corrected chi connectivity index (χ4v) is 5.35. The van der Waals surface area contributed by atoms with E-state index in [1.165, 1.54) is 4.90 Å². The third kappa shape index (κ3) is 3.78. The number of fused-ring (bicyclic) bond motifs is 1. The van der Waals surface area contributed by atoms with Gasteiger partial charge in [-0.25, -0.2) is 14.4 Å². The van der Waals surface area contributed by atoms with Crippen molar-refractivity contribution in [2.24, 2.45) is 0 Å². The summed E-state index contributed by atoms with van der Waals surface area (Å²) >= 11 is 1.10. The van der Waals surface area contributed by atoms with E-state index in [0.29, 0.717) is 65.1 Å². The summed E-state index contributed by atoms with van der Waals surface area (Å²) in [5, 5.41) is 9.84. The van der Waals surface area contributed by atoms with Gasteiger partial charge < -0.3 is 15.5 Å². The molecule has 1 saturated heterocycles. The molecule has 10 heteroatoms. The topological polar surface area (TPSA) is 99.1 Å². The van der Waals surface area contributed by atoms with Crippen molar-refractivity contribution in [1.82, 2.24) is 9.97 Å². The second kappa shape index (κ2) is 8.41. The lowest BCUT2D eigenvalue weighted by Crippen LogP contribution is -2.37.